The summed E-state index contributed by atoms with van der Waals surface area (Å²) in [5.41, 5.74) is 0. The van der Waals surface area contributed by atoms with Crippen molar-refractivity contribution in [3.63, 3.8) is 0 Å². The summed E-state index contributed by atoms with van der Waals surface area (Å²) in [6.07, 6.45) is 2.32. The molecule has 6 heteroatoms. The van der Waals surface area contributed by atoms with Crippen LogP contribution in [0.5, 0.6) is 0 Å². The van der Waals surface area contributed by atoms with E-state index < -0.39 is 11.9 Å². The summed E-state index contributed by atoms with van der Waals surface area (Å²) in [7, 11) is 0. The third-order valence-electron chi connectivity index (χ3n) is 3.24. The first kappa shape index (κ1) is 14.4. The number of amides is 1. The second-order valence-corrected chi connectivity index (χ2v) is 6.64. The van der Waals surface area contributed by atoms with Crippen molar-refractivity contribution in [2.75, 3.05) is 5.75 Å². The summed E-state index contributed by atoms with van der Waals surface area (Å²) in [5.74, 6) is -0.0428. The van der Waals surface area contributed by atoms with E-state index in [9.17, 15) is 9.59 Å². The average molecular weight is 299 g/mol. The monoisotopic (exact) mass is 299 g/mol. The van der Waals surface area contributed by atoms with Crippen molar-refractivity contribution in [1.29, 1.82) is 0 Å². The number of thioether (sulfide) groups is 1. The third kappa shape index (κ3) is 4.24. The highest BCUT2D eigenvalue weighted by Crippen LogP contribution is 2.26. The number of carbonyl (C=O) groups excluding carboxylic acids is 1. The van der Waals surface area contributed by atoms with Crippen molar-refractivity contribution in [3.05, 3.63) is 22.4 Å². The molecule has 1 heterocycles. The molecule has 0 saturated heterocycles. The number of carboxylic acids is 1. The summed E-state index contributed by atoms with van der Waals surface area (Å²) >= 11 is 3.24. The van der Waals surface area contributed by atoms with Crippen LogP contribution in [0.25, 0.3) is 0 Å². The number of thiophene rings is 1. The second-order valence-electron chi connectivity index (χ2n) is 4.62. The molecule has 0 aromatic carbocycles. The van der Waals surface area contributed by atoms with Gasteiger partial charge in [-0.3, -0.25) is 9.59 Å². The molecule has 1 aliphatic carbocycles. The van der Waals surface area contributed by atoms with Gasteiger partial charge in [0.05, 0.1) is 11.7 Å². The fourth-order valence-corrected chi connectivity index (χ4v) is 4.00. The summed E-state index contributed by atoms with van der Waals surface area (Å²) in [6.45, 7) is 0. The van der Waals surface area contributed by atoms with Gasteiger partial charge in [-0.25, -0.2) is 0 Å². The molecule has 2 unspecified atom stereocenters. The van der Waals surface area contributed by atoms with Crippen LogP contribution in [0, 0.1) is 5.92 Å². The first-order chi connectivity index (χ1) is 9.16. The molecule has 0 bridgehead atoms. The molecule has 1 amide bonds. The SMILES string of the molecule is O=C(CSCc1cccs1)NC1CCCC1C(=O)O. The summed E-state index contributed by atoms with van der Waals surface area (Å²) in [6, 6.07) is 3.86. The van der Waals surface area contributed by atoms with Gasteiger partial charge in [-0.05, 0) is 24.3 Å². The Morgan fingerprint density at radius 1 is 1.47 bits per heavy atom. The Kier molecular flexibility index (Phi) is 5.27. The van der Waals surface area contributed by atoms with Crippen LogP contribution >= 0.6 is 23.1 Å². The van der Waals surface area contributed by atoms with Gasteiger partial charge in [-0.2, -0.15) is 0 Å². The van der Waals surface area contributed by atoms with Crippen LogP contribution in [0.15, 0.2) is 17.5 Å². The molecule has 4 nitrogen and oxygen atoms in total. The van der Waals surface area contributed by atoms with E-state index in [1.54, 1.807) is 23.1 Å². The Balaban J connectivity index is 1.70. The minimum Gasteiger partial charge on any atom is -0.481 e. The van der Waals surface area contributed by atoms with Crippen LogP contribution in [0.3, 0.4) is 0 Å². The predicted octanol–water partition coefficient (Wildman–Crippen LogP) is 2.35. The van der Waals surface area contributed by atoms with E-state index in [0.29, 0.717) is 12.2 Å². The molecule has 19 heavy (non-hydrogen) atoms. The standard InChI is InChI=1S/C13H17NO3S2/c15-12(8-18-7-9-3-2-6-19-9)14-11-5-1-4-10(11)13(16)17/h2-3,6,10-11H,1,4-5,7-8H2,(H,14,15)(H,16,17). The third-order valence-corrected chi connectivity index (χ3v) is 5.28. The van der Waals surface area contributed by atoms with E-state index in [1.807, 2.05) is 17.5 Å². The lowest BCUT2D eigenvalue weighted by Gasteiger charge is -2.17. The van der Waals surface area contributed by atoms with Gasteiger partial charge in [0.25, 0.3) is 0 Å². The number of hydrogen-bond acceptors (Lipinski definition) is 4. The molecule has 0 radical (unpaired) electrons. The fraction of sp³-hybridized carbons (Fsp3) is 0.538. The molecule has 1 saturated carbocycles. The van der Waals surface area contributed by atoms with Gasteiger partial charge in [0.1, 0.15) is 0 Å². The van der Waals surface area contributed by atoms with E-state index in [-0.39, 0.29) is 11.9 Å². The average Bonchev–Trinajstić information content (AvgIpc) is 2.99. The molecule has 2 atom stereocenters. The molecular weight excluding hydrogens is 282 g/mol. The smallest absolute Gasteiger partial charge is 0.308 e. The van der Waals surface area contributed by atoms with Crippen molar-refractivity contribution in [1.82, 2.24) is 5.32 Å². The Labute approximate surface area is 120 Å². The Bertz CT molecular complexity index is 433. The zero-order chi connectivity index (χ0) is 13.7. The molecular formula is C13H17NO3S2. The number of rotatable bonds is 6. The van der Waals surface area contributed by atoms with Gasteiger partial charge in [-0.1, -0.05) is 12.5 Å². The molecule has 0 aliphatic heterocycles. The van der Waals surface area contributed by atoms with Crippen molar-refractivity contribution in [3.8, 4) is 0 Å². The second kappa shape index (κ2) is 6.96. The van der Waals surface area contributed by atoms with E-state index in [0.717, 1.165) is 18.6 Å². The van der Waals surface area contributed by atoms with E-state index in [2.05, 4.69) is 5.32 Å². The molecule has 104 valence electrons. The zero-order valence-corrected chi connectivity index (χ0v) is 12.1. The largest absolute Gasteiger partial charge is 0.481 e. The van der Waals surface area contributed by atoms with Crippen LogP contribution < -0.4 is 5.32 Å². The summed E-state index contributed by atoms with van der Waals surface area (Å²) < 4.78 is 0. The van der Waals surface area contributed by atoms with Gasteiger partial charge >= 0.3 is 5.97 Å². The van der Waals surface area contributed by atoms with Gasteiger partial charge < -0.3 is 10.4 Å². The van der Waals surface area contributed by atoms with Crippen molar-refractivity contribution in [2.45, 2.75) is 31.1 Å². The molecule has 1 fully saturated rings. The maximum Gasteiger partial charge on any atom is 0.308 e. The van der Waals surface area contributed by atoms with E-state index in [1.165, 1.54) is 4.88 Å². The van der Waals surface area contributed by atoms with Crippen LogP contribution in [0.1, 0.15) is 24.1 Å². The highest BCUT2D eigenvalue weighted by atomic mass is 32.2. The number of carboxylic acid groups (broad SMARTS) is 1. The summed E-state index contributed by atoms with van der Waals surface area (Å²) in [4.78, 5) is 24.0. The van der Waals surface area contributed by atoms with Gasteiger partial charge in [0.2, 0.25) is 5.91 Å². The van der Waals surface area contributed by atoms with E-state index >= 15 is 0 Å². The first-order valence-corrected chi connectivity index (χ1v) is 8.32. The normalized spacial score (nSPS) is 22.3. The number of aliphatic carboxylic acids is 1. The van der Waals surface area contributed by atoms with Crippen molar-refractivity contribution in [2.24, 2.45) is 5.92 Å². The Morgan fingerprint density at radius 2 is 2.32 bits per heavy atom. The van der Waals surface area contributed by atoms with Gasteiger partial charge in [0.15, 0.2) is 0 Å². The minimum atomic E-state index is -0.797. The van der Waals surface area contributed by atoms with Crippen molar-refractivity contribution < 1.29 is 14.7 Å². The van der Waals surface area contributed by atoms with Crippen LogP contribution in [0.4, 0.5) is 0 Å². The summed E-state index contributed by atoms with van der Waals surface area (Å²) in [5, 5.41) is 13.9. The minimum absolute atomic E-state index is 0.0558. The molecule has 2 N–H and O–H groups in total. The topological polar surface area (TPSA) is 66.4 Å². The quantitative estimate of drug-likeness (QED) is 0.846. The predicted molar refractivity (Wildman–Crippen MR) is 77.4 cm³/mol. The highest BCUT2D eigenvalue weighted by molar-refractivity contribution is 7.99. The van der Waals surface area contributed by atoms with Gasteiger partial charge in [-0.15, -0.1) is 23.1 Å². The zero-order valence-electron chi connectivity index (χ0n) is 10.5. The maximum atomic E-state index is 11.8. The highest BCUT2D eigenvalue weighted by Gasteiger charge is 2.33. The molecule has 1 aromatic rings. The first-order valence-electron chi connectivity index (χ1n) is 6.29. The van der Waals surface area contributed by atoms with Crippen molar-refractivity contribution >= 4 is 35.0 Å². The Morgan fingerprint density at radius 3 is 3.00 bits per heavy atom. The van der Waals surface area contributed by atoms with Crippen LogP contribution in [-0.4, -0.2) is 28.8 Å². The lowest BCUT2D eigenvalue weighted by molar-refractivity contribution is -0.142. The number of hydrogen-bond donors (Lipinski definition) is 2. The molecule has 1 aliphatic rings. The van der Waals surface area contributed by atoms with Crippen LogP contribution in [-0.2, 0) is 15.3 Å². The Hall–Kier alpha value is -1.01. The maximum absolute atomic E-state index is 11.8. The molecule has 0 spiro atoms. The molecule has 1 aromatic heterocycles. The lowest BCUT2D eigenvalue weighted by Crippen LogP contribution is -2.41. The van der Waals surface area contributed by atoms with E-state index in [4.69, 9.17) is 5.11 Å². The lowest BCUT2D eigenvalue weighted by atomic mass is 10.0. The fourth-order valence-electron chi connectivity index (χ4n) is 2.32. The number of carbonyl (C=O) groups is 2. The molecule has 2 rings (SSSR count). The number of nitrogens with one attached hydrogen (secondary N) is 1. The van der Waals surface area contributed by atoms with Crippen LogP contribution in [0.2, 0.25) is 0 Å². The van der Waals surface area contributed by atoms with Gasteiger partial charge in [0, 0.05) is 16.7 Å².